The molecule has 0 aliphatic carbocycles. The summed E-state index contributed by atoms with van der Waals surface area (Å²) < 4.78 is 1.86. The van der Waals surface area contributed by atoms with Gasteiger partial charge in [0, 0.05) is 41.7 Å². The number of hydrogen-bond donors (Lipinski definition) is 1. The highest BCUT2D eigenvalue weighted by molar-refractivity contribution is 7.12. The van der Waals surface area contributed by atoms with Crippen LogP contribution in [0.3, 0.4) is 0 Å². The largest absolute Gasteiger partial charge is 0.361 e. The van der Waals surface area contributed by atoms with Gasteiger partial charge in [-0.05, 0) is 52.0 Å². The van der Waals surface area contributed by atoms with E-state index < -0.39 is 0 Å². The highest BCUT2D eigenvalue weighted by atomic mass is 32.1. The molecule has 7 nitrogen and oxygen atoms in total. The number of aryl methyl sites for hydroxylation is 2. The van der Waals surface area contributed by atoms with E-state index in [1.807, 2.05) is 41.9 Å². The minimum absolute atomic E-state index is 0.125. The summed E-state index contributed by atoms with van der Waals surface area (Å²) in [4.78, 5) is 27.0. The predicted octanol–water partition coefficient (Wildman–Crippen LogP) is 5.07. The van der Waals surface area contributed by atoms with Gasteiger partial charge in [-0.2, -0.15) is 5.10 Å². The molecule has 0 unspecified atom stereocenters. The minimum Gasteiger partial charge on any atom is -0.361 e. The normalized spacial score (nSPS) is 11.3. The monoisotopic (exact) mass is 434 g/mol. The van der Waals surface area contributed by atoms with Crippen molar-refractivity contribution in [3.8, 4) is 11.3 Å². The first-order chi connectivity index (χ1) is 14.8. The molecule has 0 bridgehead atoms. The van der Waals surface area contributed by atoms with Crippen molar-refractivity contribution < 1.29 is 4.79 Å². The van der Waals surface area contributed by atoms with Gasteiger partial charge in [-0.15, -0.1) is 11.3 Å². The molecular weight excluding hydrogens is 408 g/mol. The van der Waals surface area contributed by atoms with Gasteiger partial charge in [-0.3, -0.25) is 4.79 Å². The lowest BCUT2D eigenvalue weighted by Crippen LogP contribution is -2.18. The average molecular weight is 435 g/mol. The zero-order valence-electron chi connectivity index (χ0n) is 18.6. The Morgan fingerprint density at radius 1 is 1.23 bits per heavy atom. The molecule has 8 heteroatoms. The second-order valence-electron chi connectivity index (χ2n) is 8.03. The average Bonchev–Trinajstić information content (AvgIpc) is 3.29. The van der Waals surface area contributed by atoms with Gasteiger partial charge in [0.05, 0.1) is 28.5 Å². The van der Waals surface area contributed by atoms with Crippen molar-refractivity contribution in [1.29, 1.82) is 0 Å². The SMILES string of the molecule is Cc1cc(-c2cc(C(=O)Nc3cccnc3N(C)C)c3cnn(C(C)C)c3n2)c(C)s1. The molecular formula is C23H26N6OS. The van der Waals surface area contributed by atoms with Crippen molar-refractivity contribution in [2.24, 2.45) is 0 Å². The fourth-order valence-corrected chi connectivity index (χ4v) is 4.58. The summed E-state index contributed by atoms with van der Waals surface area (Å²) in [5, 5.41) is 8.27. The molecule has 31 heavy (non-hydrogen) atoms. The molecule has 1 amide bonds. The highest BCUT2D eigenvalue weighted by Gasteiger charge is 2.21. The molecule has 4 aromatic heterocycles. The summed E-state index contributed by atoms with van der Waals surface area (Å²) >= 11 is 1.73. The molecule has 0 saturated carbocycles. The minimum atomic E-state index is -0.210. The fraction of sp³-hybridized carbons (Fsp3) is 0.304. The van der Waals surface area contributed by atoms with Gasteiger partial charge in [-0.1, -0.05) is 0 Å². The molecule has 0 fully saturated rings. The van der Waals surface area contributed by atoms with Gasteiger partial charge in [0.25, 0.3) is 5.91 Å². The molecule has 0 radical (unpaired) electrons. The zero-order chi connectivity index (χ0) is 22.3. The van der Waals surface area contributed by atoms with Crippen molar-refractivity contribution in [1.82, 2.24) is 19.7 Å². The van der Waals surface area contributed by atoms with Gasteiger partial charge in [0.15, 0.2) is 11.5 Å². The molecule has 0 aliphatic heterocycles. The molecule has 0 aliphatic rings. The first-order valence-corrected chi connectivity index (χ1v) is 11.0. The molecule has 0 aromatic carbocycles. The van der Waals surface area contributed by atoms with Crippen LogP contribution in [0.5, 0.6) is 0 Å². The van der Waals surface area contributed by atoms with Crippen LogP contribution in [0.1, 0.15) is 40.0 Å². The second kappa shape index (κ2) is 8.11. The maximum atomic E-state index is 13.4. The van der Waals surface area contributed by atoms with Crippen molar-refractivity contribution >= 4 is 39.8 Å². The standard InChI is InChI=1S/C23H26N6OS/c1-13(2)29-21-18(12-25-29)17(11-20(26-21)16-10-14(3)31-15(16)4)23(30)27-19-8-7-9-24-22(19)28(5)6/h7-13H,1-6H3,(H,27,30). The number of nitrogens with one attached hydrogen (secondary N) is 1. The number of aromatic nitrogens is 4. The highest BCUT2D eigenvalue weighted by Crippen LogP contribution is 2.33. The van der Waals surface area contributed by atoms with E-state index >= 15 is 0 Å². The van der Waals surface area contributed by atoms with E-state index in [2.05, 4.69) is 49.2 Å². The van der Waals surface area contributed by atoms with Gasteiger partial charge in [-0.25, -0.2) is 14.6 Å². The van der Waals surface area contributed by atoms with Gasteiger partial charge in [0.1, 0.15) is 0 Å². The molecule has 0 saturated heterocycles. The Hall–Kier alpha value is -3.26. The Morgan fingerprint density at radius 3 is 2.65 bits per heavy atom. The quantitative estimate of drug-likeness (QED) is 0.474. The van der Waals surface area contributed by atoms with Gasteiger partial charge in [0.2, 0.25) is 0 Å². The lowest BCUT2D eigenvalue weighted by Gasteiger charge is -2.16. The summed E-state index contributed by atoms with van der Waals surface area (Å²) in [6.07, 6.45) is 3.44. The Kier molecular flexibility index (Phi) is 5.49. The lowest BCUT2D eigenvalue weighted by atomic mass is 10.1. The van der Waals surface area contributed by atoms with E-state index in [0.29, 0.717) is 22.7 Å². The number of amides is 1. The third-order valence-electron chi connectivity index (χ3n) is 5.08. The molecule has 0 atom stereocenters. The molecule has 4 aromatic rings. The maximum absolute atomic E-state index is 13.4. The molecule has 0 spiro atoms. The van der Waals surface area contributed by atoms with Crippen LogP contribution in [0.4, 0.5) is 11.5 Å². The maximum Gasteiger partial charge on any atom is 0.256 e. The van der Waals surface area contributed by atoms with Crippen molar-refractivity contribution in [2.75, 3.05) is 24.3 Å². The first kappa shape index (κ1) is 21.0. The Balaban J connectivity index is 1.87. The van der Waals surface area contributed by atoms with Crippen LogP contribution in [0.15, 0.2) is 36.7 Å². The molecule has 1 N–H and O–H groups in total. The Labute approximate surface area is 185 Å². The van der Waals surface area contributed by atoms with Crippen molar-refractivity contribution in [2.45, 2.75) is 33.7 Å². The van der Waals surface area contributed by atoms with E-state index in [0.717, 1.165) is 16.6 Å². The number of pyridine rings is 2. The Bertz CT molecular complexity index is 1270. The number of anilines is 2. The number of rotatable bonds is 5. The zero-order valence-corrected chi connectivity index (χ0v) is 19.4. The van der Waals surface area contributed by atoms with E-state index in [1.54, 1.807) is 23.7 Å². The van der Waals surface area contributed by atoms with Crippen LogP contribution < -0.4 is 10.2 Å². The number of carbonyl (C=O) groups is 1. The number of fused-ring (bicyclic) bond motifs is 1. The smallest absolute Gasteiger partial charge is 0.256 e. The summed E-state index contributed by atoms with van der Waals surface area (Å²) in [5.74, 6) is 0.487. The third kappa shape index (κ3) is 3.90. The summed E-state index contributed by atoms with van der Waals surface area (Å²) in [6.45, 7) is 8.27. The topological polar surface area (TPSA) is 75.9 Å². The predicted molar refractivity (Wildman–Crippen MR) is 127 cm³/mol. The van der Waals surface area contributed by atoms with E-state index in [9.17, 15) is 4.79 Å². The summed E-state index contributed by atoms with van der Waals surface area (Å²) in [7, 11) is 3.80. The third-order valence-corrected chi connectivity index (χ3v) is 6.04. The fourth-order valence-electron chi connectivity index (χ4n) is 3.65. The van der Waals surface area contributed by atoms with Gasteiger partial charge >= 0.3 is 0 Å². The van der Waals surface area contributed by atoms with E-state index in [4.69, 9.17) is 4.98 Å². The molecule has 4 rings (SSSR count). The first-order valence-electron chi connectivity index (χ1n) is 10.2. The Morgan fingerprint density at radius 2 is 2.00 bits per heavy atom. The van der Waals surface area contributed by atoms with Crippen LogP contribution in [-0.4, -0.2) is 39.8 Å². The second-order valence-corrected chi connectivity index (χ2v) is 9.49. The van der Waals surface area contributed by atoms with Crippen molar-refractivity contribution in [3.05, 3.63) is 52.0 Å². The number of thiophene rings is 1. The van der Waals surface area contributed by atoms with E-state index in [1.165, 1.54) is 9.75 Å². The van der Waals surface area contributed by atoms with Gasteiger partial charge < -0.3 is 10.2 Å². The van der Waals surface area contributed by atoms with Crippen LogP contribution in [0.2, 0.25) is 0 Å². The number of hydrogen-bond acceptors (Lipinski definition) is 6. The molecule has 4 heterocycles. The van der Waals surface area contributed by atoms with Crippen LogP contribution in [0.25, 0.3) is 22.3 Å². The summed E-state index contributed by atoms with van der Waals surface area (Å²) in [6, 6.07) is 7.77. The van der Waals surface area contributed by atoms with Crippen molar-refractivity contribution in [3.63, 3.8) is 0 Å². The van der Waals surface area contributed by atoms with E-state index in [-0.39, 0.29) is 11.9 Å². The lowest BCUT2D eigenvalue weighted by molar-refractivity contribution is 0.102. The molecule has 160 valence electrons. The summed E-state index contributed by atoms with van der Waals surface area (Å²) in [5.41, 5.74) is 3.73. The van der Waals surface area contributed by atoms with Crippen LogP contribution >= 0.6 is 11.3 Å². The number of carbonyl (C=O) groups excluding carboxylic acids is 1. The van der Waals surface area contributed by atoms with Crippen LogP contribution in [0, 0.1) is 13.8 Å². The number of nitrogens with zero attached hydrogens (tertiary/aromatic N) is 5. The van der Waals surface area contributed by atoms with Crippen LogP contribution in [-0.2, 0) is 0 Å².